The Kier molecular flexibility index (Phi) is 7.53. The fourth-order valence-electron chi connectivity index (χ4n) is 2.42. The molecular formula is C19H22O9S3. The molecule has 0 aromatic heterocycles. The lowest BCUT2D eigenvalue weighted by molar-refractivity contribution is 0.428. The van der Waals surface area contributed by atoms with Gasteiger partial charge >= 0.3 is 10.1 Å². The van der Waals surface area contributed by atoms with Crippen molar-refractivity contribution in [2.75, 3.05) is 5.75 Å². The predicted molar refractivity (Wildman–Crippen MR) is 116 cm³/mol. The highest BCUT2D eigenvalue weighted by atomic mass is 32.2. The molecule has 0 fully saturated rings. The number of hydrogen-bond donors (Lipinski definition) is 2. The minimum absolute atomic E-state index is 0.263. The van der Waals surface area contributed by atoms with Crippen molar-refractivity contribution < 1.29 is 39.1 Å². The quantitative estimate of drug-likeness (QED) is 0.399. The van der Waals surface area contributed by atoms with Crippen LogP contribution in [-0.2, 0) is 35.8 Å². The Balaban J connectivity index is 2.13. The summed E-state index contributed by atoms with van der Waals surface area (Å²) in [4.78, 5) is 0. The molecule has 1 unspecified atom stereocenters. The van der Waals surface area contributed by atoms with Crippen LogP contribution in [0.2, 0.25) is 0 Å². The maximum atomic E-state index is 12.3. The molecule has 31 heavy (non-hydrogen) atoms. The second-order valence-electron chi connectivity index (χ2n) is 6.67. The number of sulfone groups is 1. The van der Waals surface area contributed by atoms with Gasteiger partial charge in [0.2, 0.25) is 0 Å². The van der Waals surface area contributed by atoms with Crippen molar-refractivity contribution in [1.29, 1.82) is 0 Å². The third-order valence-electron chi connectivity index (χ3n) is 4.28. The molecule has 0 radical (unpaired) electrons. The molecule has 170 valence electrons. The fourth-order valence-corrected chi connectivity index (χ4v) is 4.57. The first kappa shape index (κ1) is 24.9. The Labute approximate surface area is 181 Å². The molecule has 0 aliphatic rings. The van der Waals surface area contributed by atoms with E-state index in [0.717, 1.165) is 11.5 Å². The molecule has 0 aliphatic heterocycles. The van der Waals surface area contributed by atoms with Crippen LogP contribution in [0.3, 0.4) is 0 Å². The van der Waals surface area contributed by atoms with Gasteiger partial charge in [0.15, 0.2) is 21.3 Å². The van der Waals surface area contributed by atoms with Crippen LogP contribution in [0.5, 0.6) is 11.5 Å². The summed E-state index contributed by atoms with van der Waals surface area (Å²) in [5.74, 6) is -1.35. The van der Waals surface area contributed by atoms with E-state index in [1.807, 2.05) is 0 Å². The standard InChI is InChI=1S/C19H22O9S3/c1-3-30(23,24)28-19-9-6-15(12-18(19)20)10-11-29(21,22)13-16-4-7-17(8-5-16)14(2)31(25,26)27/h4-12,14,20H,3,13H2,1-2H3,(H,25,26,27)/b11-10+. The smallest absolute Gasteiger partial charge is 0.309 e. The lowest BCUT2D eigenvalue weighted by Crippen LogP contribution is -2.11. The third kappa shape index (κ3) is 7.35. The molecule has 2 rings (SSSR count). The van der Waals surface area contributed by atoms with Crippen LogP contribution in [0.1, 0.15) is 35.8 Å². The average Bonchev–Trinajstić information content (AvgIpc) is 2.67. The first-order valence-corrected chi connectivity index (χ1v) is 13.7. The number of phenols is 1. The van der Waals surface area contributed by atoms with Gasteiger partial charge in [0, 0.05) is 5.41 Å². The number of hydrogen-bond acceptors (Lipinski definition) is 8. The zero-order valence-corrected chi connectivity index (χ0v) is 19.1. The maximum Gasteiger partial charge on any atom is 0.309 e. The molecule has 0 spiro atoms. The van der Waals surface area contributed by atoms with E-state index >= 15 is 0 Å². The van der Waals surface area contributed by atoms with Gasteiger partial charge in [0.25, 0.3) is 10.1 Å². The summed E-state index contributed by atoms with van der Waals surface area (Å²) in [6.45, 7) is 2.70. The summed E-state index contributed by atoms with van der Waals surface area (Å²) in [6, 6.07) is 9.52. The Hall–Kier alpha value is -2.41. The lowest BCUT2D eigenvalue weighted by atomic mass is 10.1. The average molecular weight is 491 g/mol. The number of benzene rings is 2. The van der Waals surface area contributed by atoms with Crippen molar-refractivity contribution in [2.45, 2.75) is 24.9 Å². The molecule has 0 bridgehead atoms. The van der Waals surface area contributed by atoms with E-state index in [4.69, 9.17) is 8.74 Å². The Morgan fingerprint density at radius 2 is 1.61 bits per heavy atom. The summed E-state index contributed by atoms with van der Waals surface area (Å²) >= 11 is 0. The van der Waals surface area contributed by atoms with Crippen LogP contribution >= 0.6 is 0 Å². The summed E-state index contributed by atoms with van der Waals surface area (Å²) in [5.41, 5.74) is 1.04. The molecule has 0 saturated heterocycles. The van der Waals surface area contributed by atoms with Crippen molar-refractivity contribution in [2.24, 2.45) is 0 Å². The minimum Gasteiger partial charge on any atom is -0.504 e. The van der Waals surface area contributed by atoms with Crippen LogP contribution in [0.15, 0.2) is 47.9 Å². The van der Waals surface area contributed by atoms with E-state index in [2.05, 4.69) is 0 Å². The number of phenolic OH excluding ortho intramolecular Hbond substituents is 1. The van der Waals surface area contributed by atoms with Gasteiger partial charge in [-0.25, -0.2) is 8.42 Å². The van der Waals surface area contributed by atoms with E-state index in [9.17, 15) is 30.4 Å². The van der Waals surface area contributed by atoms with Crippen molar-refractivity contribution in [3.63, 3.8) is 0 Å². The van der Waals surface area contributed by atoms with Crippen LogP contribution in [0.25, 0.3) is 6.08 Å². The summed E-state index contributed by atoms with van der Waals surface area (Å²) in [5, 5.41) is 9.72. The van der Waals surface area contributed by atoms with Gasteiger partial charge in [-0.15, -0.1) is 0 Å². The molecule has 0 amide bonds. The second-order valence-corrected chi connectivity index (χ2v) is 12.1. The van der Waals surface area contributed by atoms with Gasteiger partial charge in [0.1, 0.15) is 5.25 Å². The number of aromatic hydroxyl groups is 1. The van der Waals surface area contributed by atoms with Gasteiger partial charge in [-0.3, -0.25) is 4.55 Å². The Bertz CT molecular complexity index is 1280. The zero-order valence-electron chi connectivity index (χ0n) is 16.7. The van der Waals surface area contributed by atoms with E-state index in [1.165, 1.54) is 56.3 Å². The lowest BCUT2D eigenvalue weighted by Gasteiger charge is -2.09. The monoisotopic (exact) mass is 490 g/mol. The minimum atomic E-state index is -4.25. The first-order valence-electron chi connectivity index (χ1n) is 8.93. The van der Waals surface area contributed by atoms with Crippen LogP contribution in [-0.4, -0.2) is 40.7 Å². The topological polar surface area (TPSA) is 152 Å². The Morgan fingerprint density at radius 1 is 1.00 bits per heavy atom. The summed E-state index contributed by atoms with van der Waals surface area (Å²) < 4.78 is 83.8. The largest absolute Gasteiger partial charge is 0.504 e. The summed E-state index contributed by atoms with van der Waals surface area (Å²) in [6.07, 6.45) is 1.24. The molecular weight excluding hydrogens is 468 g/mol. The third-order valence-corrected chi connectivity index (χ3v) is 7.88. The SMILES string of the molecule is CCS(=O)(=O)Oc1ccc(/C=C/S(=O)(=O)Cc2ccc(C(C)S(=O)(=O)O)cc2)cc1O. The highest BCUT2D eigenvalue weighted by Crippen LogP contribution is 2.29. The van der Waals surface area contributed by atoms with Crippen molar-refractivity contribution >= 4 is 36.1 Å². The predicted octanol–water partition coefficient (Wildman–Crippen LogP) is 2.66. The molecule has 0 saturated carbocycles. The number of rotatable bonds is 9. The first-order chi connectivity index (χ1) is 14.2. The molecule has 2 N–H and O–H groups in total. The van der Waals surface area contributed by atoms with E-state index < -0.39 is 41.1 Å². The molecule has 9 nitrogen and oxygen atoms in total. The van der Waals surface area contributed by atoms with E-state index in [-0.39, 0.29) is 17.3 Å². The van der Waals surface area contributed by atoms with Gasteiger partial charge in [0.05, 0.1) is 11.5 Å². The second kappa shape index (κ2) is 9.39. The fraction of sp³-hybridized carbons (Fsp3) is 0.263. The van der Waals surface area contributed by atoms with Gasteiger partial charge in [-0.2, -0.15) is 16.8 Å². The molecule has 1 atom stereocenters. The van der Waals surface area contributed by atoms with Gasteiger partial charge in [-0.05, 0) is 48.7 Å². The van der Waals surface area contributed by atoms with Crippen LogP contribution in [0, 0.1) is 0 Å². The van der Waals surface area contributed by atoms with E-state index in [1.54, 1.807) is 0 Å². The Morgan fingerprint density at radius 3 is 2.13 bits per heavy atom. The van der Waals surface area contributed by atoms with E-state index in [0.29, 0.717) is 16.7 Å². The van der Waals surface area contributed by atoms with Crippen molar-refractivity contribution in [3.05, 3.63) is 64.6 Å². The van der Waals surface area contributed by atoms with Gasteiger partial charge in [-0.1, -0.05) is 30.3 Å². The van der Waals surface area contributed by atoms with Crippen LogP contribution < -0.4 is 4.18 Å². The molecule has 2 aromatic rings. The molecule has 2 aromatic carbocycles. The summed E-state index contributed by atoms with van der Waals surface area (Å²) in [7, 11) is -11.8. The highest BCUT2D eigenvalue weighted by Gasteiger charge is 2.19. The highest BCUT2D eigenvalue weighted by molar-refractivity contribution is 7.93. The normalized spacial score (nSPS) is 13.9. The van der Waals surface area contributed by atoms with Crippen LogP contribution in [0.4, 0.5) is 0 Å². The van der Waals surface area contributed by atoms with Gasteiger partial charge < -0.3 is 9.29 Å². The van der Waals surface area contributed by atoms with Crippen molar-refractivity contribution in [1.82, 2.24) is 0 Å². The molecule has 0 heterocycles. The molecule has 12 heteroatoms. The maximum absolute atomic E-state index is 12.3. The van der Waals surface area contributed by atoms with Crippen molar-refractivity contribution in [3.8, 4) is 11.5 Å². The zero-order chi connectivity index (χ0) is 23.4. The molecule has 0 aliphatic carbocycles.